The number of hydrogen-bond donors (Lipinski definition) is 0. The maximum atomic E-state index is 12.1. The molecule has 0 saturated heterocycles. The number of methoxy groups -OCH3 is 2. The summed E-state index contributed by atoms with van der Waals surface area (Å²) in [6.45, 7) is 0. The maximum absolute atomic E-state index is 12.1. The first-order chi connectivity index (χ1) is 8.24. The van der Waals surface area contributed by atoms with Crippen LogP contribution in [-0.4, -0.2) is 20.0 Å². The average Bonchev–Trinajstić information content (AvgIpc) is 2.91. The molecule has 0 bridgehead atoms. The lowest BCUT2D eigenvalue weighted by molar-refractivity contribution is 0.104. The average molecular weight is 248 g/mol. The Morgan fingerprint density at radius 2 is 1.76 bits per heavy atom. The van der Waals surface area contributed by atoms with Crippen molar-refractivity contribution in [2.24, 2.45) is 0 Å². The van der Waals surface area contributed by atoms with Gasteiger partial charge in [-0.15, -0.1) is 11.3 Å². The fourth-order valence-corrected chi connectivity index (χ4v) is 2.17. The standard InChI is InChI=1S/C13H12O3S/c1-15-10-6-9(7-11(8-10)16-2)13(14)12-4-3-5-17-12/h3-8H,1-2H3. The molecule has 0 radical (unpaired) electrons. The molecule has 1 aromatic heterocycles. The smallest absolute Gasteiger partial charge is 0.203 e. The molecular weight excluding hydrogens is 236 g/mol. The fourth-order valence-electron chi connectivity index (χ4n) is 1.49. The van der Waals surface area contributed by atoms with Crippen LogP contribution >= 0.6 is 11.3 Å². The molecule has 0 unspecified atom stereocenters. The van der Waals surface area contributed by atoms with E-state index in [9.17, 15) is 4.79 Å². The van der Waals surface area contributed by atoms with Gasteiger partial charge in [0.25, 0.3) is 0 Å². The summed E-state index contributed by atoms with van der Waals surface area (Å²) in [5.41, 5.74) is 0.573. The predicted molar refractivity (Wildman–Crippen MR) is 67.3 cm³/mol. The molecule has 2 rings (SSSR count). The zero-order valence-corrected chi connectivity index (χ0v) is 10.4. The van der Waals surface area contributed by atoms with Crippen molar-refractivity contribution in [3.63, 3.8) is 0 Å². The van der Waals surface area contributed by atoms with E-state index in [4.69, 9.17) is 9.47 Å². The molecule has 88 valence electrons. The molecule has 4 heteroatoms. The number of benzene rings is 1. The molecular formula is C13H12O3S. The Morgan fingerprint density at radius 3 is 2.24 bits per heavy atom. The van der Waals surface area contributed by atoms with Crippen molar-refractivity contribution in [3.8, 4) is 11.5 Å². The van der Waals surface area contributed by atoms with Gasteiger partial charge in [0.2, 0.25) is 5.78 Å². The summed E-state index contributed by atoms with van der Waals surface area (Å²) in [6.07, 6.45) is 0. The zero-order chi connectivity index (χ0) is 12.3. The molecule has 0 saturated carbocycles. The third-order valence-corrected chi connectivity index (χ3v) is 3.23. The Labute approximate surface area is 104 Å². The number of carbonyl (C=O) groups excluding carboxylic acids is 1. The summed E-state index contributed by atoms with van der Waals surface area (Å²) in [4.78, 5) is 12.9. The molecule has 0 amide bonds. The SMILES string of the molecule is COc1cc(OC)cc(C(=O)c2cccs2)c1. The van der Waals surface area contributed by atoms with E-state index >= 15 is 0 Å². The van der Waals surface area contributed by atoms with Crippen molar-refractivity contribution in [1.29, 1.82) is 0 Å². The van der Waals surface area contributed by atoms with Crippen LogP contribution < -0.4 is 9.47 Å². The molecule has 0 aliphatic rings. The molecule has 1 heterocycles. The number of ether oxygens (including phenoxy) is 2. The van der Waals surface area contributed by atoms with Crippen LogP contribution in [0.3, 0.4) is 0 Å². The van der Waals surface area contributed by atoms with E-state index in [1.807, 2.05) is 11.4 Å². The quantitative estimate of drug-likeness (QED) is 0.780. The minimum atomic E-state index is -0.0165. The highest BCUT2D eigenvalue weighted by atomic mass is 32.1. The molecule has 17 heavy (non-hydrogen) atoms. The summed E-state index contributed by atoms with van der Waals surface area (Å²) in [6, 6.07) is 8.83. The van der Waals surface area contributed by atoms with Crippen molar-refractivity contribution >= 4 is 17.1 Å². The Hall–Kier alpha value is -1.81. The van der Waals surface area contributed by atoms with Gasteiger partial charge in [0.15, 0.2) is 0 Å². The van der Waals surface area contributed by atoms with Gasteiger partial charge in [0, 0.05) is 11.6 Å². The molecule has 0 N–H and O–H groups in total. The minimum absolute atomic E-state index is 0.0165. The fraction of sp³-hybridized carbons (Fsp3) is 0.154. The van der Waals surface area contributed by atoms with E-state index < -0.39 is 0 Å². The molecule has 0 atom stereocenters. The van der Waals surface area contributed by atoms with Gasteiger partial charge in [0.1, 0.15) is 11.5 Å². The lowest BCUT2D eigenvalue weighted by Crippen LogP contribution is -2.00. The van der Waals surface area contributed by atoms with E-state index in [2.05, 4.69) is 0 Å². The number of carbonyl (C=O) groups is 1. The van der Waals surface area contributed by atoms with Gasteiger partial charge < -0.3 is 9.47 Å². The largest absolute Gasteiger partial charge is 0.497 e. The van der Waals surface area contributed by atoms with Crippen LogP contribution in [0.25, 0.3) is 0 Å². The number of thiophene rings is 1. The Bertz CT molecular complexity index is 495. The predicted octanol–water partition coefficient (Wildman–Crippen LogP) is 3.00. The Morgan fingerprint density at radius 1 is 1.12 bits per heavy atom. The van der Waals surface area contributed by atoms with Gasteiger partial charge >= 0.3 is 0 Å². The van der Waals surface area contributed by atoms with Crippen LogP contribution in [0, 0.1) is 0 Å². The van der Waals surface area contributed by atoms with Crippen LogP contribution in [0.4, 0.5) is 0 Å². The minimum Gasteiger partial charge on any atom is -0.497 e. The molecule has 3 nitrogen and oxygen atoms in total. The summed E-state index contributed by atoms with van der Waals surface area (Å²) < 4.78 is 10.3. The van der Waals surface area contributed by atoms with Crippen LogP contribution in [0.5, 0.6) is 11.5 Å². The van der Waals surface area contributed by atoms with Gasteiger partial charge in [0.05, 0.1) is 19.1 Å². The number of rotatable bonds is 4. The molecule has 2 aromatic rings. The topological polar surface area (TPSA) is 35.5 Å². The molecule has 0 spiro atoms. The van der Waals surface area contributed by atoms with Crippen molar-refractivity contribution in [2.75, 3.05) is 14.2 Å². The lowest BCUT2D eigenvalue weighted by atomic mass is 10.1. The van der Waals surface area contributed by atoms with Crippen molar-refractivity contribution in [1.82, 2.24) is 0 Å². The Balaban J connectivity index is 2.41. The van der Waals surface area contributed by atoms with Crippen LogP contribution in [0.15, 0.2) is 35.7 Å². The molecule has 1 aromatic carbocycles. The Kier molecular flexibility index (Phi) is 3.44. The highest BCUT2D eigenvalue weighted by Crippen LogP contribution is 2.25. The first-order valence-corrected chi connectivity index (χ1v) is 5.94. The summed E-state index contributed by atoms with van der Waals surface area (Å²) in [5.74, 6) is 1.21. The van der Waals surface area contributed by atoms with Gasteiger partial charge in [-0.1, -0.05) is 6.07 Å². The molecule has 0 aliphatic heterocycles. The lowest BCUT2D eigenvalue weighted by Gasteiger charge is -2.06. The second-order valence-corrected chi connectivity index (χ2v) is 4.36. The van der Waals surface area contributed by atoms with E-state index in [0.29, 0.717) is 21.9 Å². The van der Waals surface area contributed by atoms with Gasteiger partial charge in [-0.3, -0.25) is 4.79 Å². The highest BCUT2D eigenvalue weighted by molar-refractivity contribution is 7.12. The third kappa shape index (κ3) is 2.47. The van der Waals surface area contributed by atoms with Crippen molar-refractivity contribution < 1.29 is 14.3 Å². The van der Waals surface area contributed by atoms with Crippen LogP contribution in [0.1, 0.15) is 15.2 Å². The van der Waals surface area contributed by atoms with E-state index in [-0.39, 0.29) is 5.78 Å². The van der Waals surface area contributed by atoms with Crippen molar-refractivity contribution in [2.45, 2.75) is 0 Å². The van der Waals surface area contributed by atoms with Gasteiger partial charge in [-0.25, -0.2) is 0 Å². The zero-order valence-electron chi connectivity index (χ0n) is 9.60. The second-order valence-electron chi connectivity index (χ2n) is 3.41. The van der Waals surface area contributed by atoms with Crippen molar-refractivity contribution in [3.05, 3.63) is 46.2 Å². The van der Waals surface area contributed by atoms with Gasteiger partial charge in [-0.2, -0.15) is 0 Å². The second kappa shape index (κ2) is 5.01. The van der Waals surface area contributed by atoms with Gasteiger partial charge in [-0.05, 0) is 23.6 Å². The summed E-state index contributed by atoms with van der Waals surface area (Å²) in [7, 11) is 3.13. The maximum Gasteiger partial charge on any atom is 0.203 e. The first kappa shape index (κ1) is 11.7. The van der Waals surface area contributed by atoms with E-state index in [1.165, 1.54) is 11.3 Å². The van der Waals surface area contributed by atoms with Crippen LogP contribution in [0.2, 0.25) is 0 Å². The van der Waals surface area contributed by atoms with E-state index in [1.54, 1.807) is 38.5 Å². The van der Waals surface area contributed by atoms with E-state index in [0.717, 1.165) is 0 Å². The highest BCUT2D eigenvalue weighted by Gasteiger charge is 2.12. The third-order valence-electron chi connectivity index (χ3n) is 2.36. The normalized spacial score (nSPS) is 10.0. The summed E-state index contributed by atoms with van der Waals surface area (Å²) in [5, 5.41) is 1.88. The number of hydrogen-bond acceptors (Lipinski definition) is 4. The molecule has 0 fully saturated rings. The van der Waals surface area contributed by atoms with Crippen LogP contribution in [-0.2, 0) is 0 Å². The summed E-state index contributed by atoms with van der Waals surface area (Å²) >= 11 is 1.42. The number of ketones is 1. The molecule has 0 aliphatic carbocycles. The monoisotopic (exact) mass is 248 g/mol. The first-order valence-electron chi connectivity index (χ1n) is 5.06.